The number of carboxylic acids is 1. The number of para-hydroxylation sites is 1. The molecule has 3 aromatic rings. The molecule has 206 valence electrons. The van der Waals surface area contributed by atoms with Gasteiger partial charge in [0, 0.05) is 17.1 Å². The molecule has 1 aliphatic heterocycles. The molecular formula is C29H28N4O7. The van der Waals surface area contributed by atoms with Gasteiger partial charge in [-0.3, -0.25) is 14.4 Å². The van der Waals surface area contributed by atoms with Gasteiger partial charge in [0.1, 0.15) is 0 Å². The van der Waals surface area contributed by atoms with Crippen LogP contribution in [0.25, 0.3) is 0 Å². The summed E-state index contributed by atoms with van der Waals surface area (Å²) in [6, 6.07) is 17.9. The number of carbonyl (C=O) groups is 4. The number of ether oxygens (including phenoxy) is 2. The lowest BCUT2D eigenvalue weighted by molar-refractivity contribution is -0.138. The summed E-state index contributed by atoms with van der Waals surface area (Å²) in [4.78, 5) is 49.4. The lowest BCUT2D eigenvalue weighted by Gasteiger charge is -2.18. The van der Waals surface area contributed by atoms with E-state index in [9.17, 15) is 24.3 Å². The third kappa shape index (κ3) is 6.32. The second kappa shape index (κ2) is 11.4. The standard InChI is InChI=1S/C29H28N4O7/c1-16-4-2-3-5-22(16)33-29(38)31-19-9-7-18(8-10-19)30-27(36)20-13-21(20)28(37)32-23(14-26(34)35)17-6-11-24-25(12-17)40-15-39-24/h2-12,20-21,23H,13-15H2,1H3,(H,30,36)(H,32,37)(H,34,35)(H2,31,33,38)/t20?,21?,23-/m0/s1. The first-order valence-corrected chi connectivity index (χ1v) is 12.7. The number of amides is 4. The van der Waals surface area contributed by atoms with E-state index in [2.05, 4.69) is 21.3 Å². The zero-order chi connectivity index (χ0) is 28.2. The van der Waals surface area contributed by atoms with E-state index in [1.807, 2.05) is 31.2 Å². The van der Waals surface area contributed by atoms with Crippen LogP contribution in [0.4, 0.5) is 21.9 Å². The fraction of sp³-hybridized carbons (Fsp3) is 0.241. The predicted molar refractivity (Wildman–Crippen MR) is 146 cm³/mol. The van der Waals surface area contributed by atoms with Crippen LogP contribution in [-0.4, -0.2) is 35.7 Å². The van der Waals surface area contributed by atoms with Crippen LogP contribution >= 0.6 is 0 Å². The normalized spacial score (nSPS) is 17.3. The van der Waals surface area contributed by atoms with Gasteiger partial charge < -0.3 is 35.8 Å². The molecule has 11 nitrogen and oxygen atoms in total. The molecule has 4 amide bonds. The Morgan fingerprint density at radius 2 is 1.52 bits per heavy atom. The highest BCUT2D eigenvalue weighted by Gasteiger charge is 2.48. The Hall–Kier alpha value is -5.06. The van der Waals surface area contributed by atoms with Gasteiger partial charge in [-0.25, -0.2) is 4.79 Å². The molecule has 40 heavy (non-hydrogen) atoms. The maximum Gasteiger partial charge on any atom is 0.323 e. The number of carboxylic acid groups (broad SMARTS) is 1. The van der Waals surface area contributed by atoms with Crippen molar-refractivity contribution < 1.29 is 33.8 Å². The third-order valence-corrected chi connectivity index (χ3v) is 6.76. The number of anilines is 3. The lowest BCUT2D eigenvalue weighted by atomic mass is 10.0. The maximum atomic E-state index is 12.9. The number of benzene rings is 3. The number of urea groups is 1. The van der Waals surface area contributed by atoms with Gasteiger partial charge in [-0.15, -0.1) is 0 Å². The molecule has 2 aliphatic rings. The molecule has 0 bridgehead atoms. The summed E-state index contributed by atoms with van der Waals surface area (Å²) in [7, 11) is 0. The van der Waals surface area contributed by atoms with Crippen molar-refractivity contribution in [2.45, 2.75) is 25.8 Å². The van der Waals surface area contributed by atoms with Crippen molar-refractivity contribution in [3.8, 4) is 11.5 Å². The monoisotopic (exact) mass is 544 g/mol. The average Bonchev–Trinajstić information content (AvgIpc) is 3.60. The number of aryl methyl sites for hydroxylation is 1. The SMILES string of the molecule is Cc1ccccc1NC(=O)Nc1ccc(NC(=O)C2CC2C(=O)N[C@@H](CC(=O)O)c2ccc3c(c2)OCO3)cc1. The quantitative estimate of drug-likeness (QED) is 0.269. The third-order valence-electron chi connectivity index (χ3n) is 6.76. The van der Waals surface area contributed by atoms with Crippen molar-refractivity contribution >= 4 is 40.9 Å². The summed E-state index contributed by atoms with van der Waals surface area (Å²) >= 11 is 0. The van der Waals surface area contributed by atoms with Gasteiger partial charge in [0.15, 0.2) is 11.5 Å². The fourth-order valence-electron chi connectivity index (χ4n) is 4.48. The summed E-state index contributed by atoms with van der Waals surface area (Å²) in [5.74, 6) is -1.81. The molecule has 0 saturated heterocycles. The number of hydrogen-bond donors (Lipinski definition) is 5. The number of carbonyl (C=O) groups excluding carboxylic acids is 3. The smallest absolute Gasteiger partial charge is 0.323 e. The molecule has 0 aromatic heterocycles. The van der Waals surface area contributed by atoms with Crippen LogP contribution in [0, 0.1) is 18.8 Å². The Labute approximate surface area is 229 Å². The first kappa shape index (κ1) is 26.5. The van der Waals surface area contributed by atoms with Gasteiger partial charge in [0.25, 0.3) is 0 Å². The first-order valence-electron chi connectivity index (χ1n) is 12.7. The van der Waals surface area contributed by atoms with Crippen LogP contribution in [0.3, 0.4) is 0 Å². The minimum absolute atomic E-state index is 0.0795. The lowest BCUT2D eigenvalue weighted by Crippen LogP contribution is -2.32. The van der Waals surface area contributed by atoms with E-state index in [4.69, 9.17) is 9.47 Å². The summed E-state index contributed by atoms with van der Waals surface area (Å²) in [6.07, 6.45) is 0.0373. The summed E-state index contributed by atoms with van der Waals surface area (Å²) in [6.45, 7) is 1.98. The highest BCUT2D eigenvalue weighted by atomic mass is 16.7. The molecule has 2 unspecified atom stereocenters. The summed E-state index contributed by atoms with van der Waals surface area (Å²) in [5, 5.41) is 20.4. The van der Waals surface area contributed by atoms with Gasteiger partial charge in [0.05, 0.1) is 24.3 Å². The maximum absolute atomic E-state index is 12.9. The molecule has 11 heteroatoms. The highest BCUT2D eigenvalue weighted by Crippen LogP contribution is 2.41. The molecule has 0 spiro atoms. The highest BCUT2D eigenvalue weighted by molar-refractivity contribution is 6.01. The van der Waals surface area contributed by atoms with Gasteiger partial charge in [-0.05, 0) is 66.9 Å². The van der Waals surface area contributed by atoms with E-state index in [1.54, 1.807) is 42.5 Å². The molecule has 1 saturated carbocycles. The zero-order valence-electron chi connectivity index (χ0n) is 21.6. The molecule has 1 aliphatic carbocycles. The second-order valence-corrected chi connectivity index (χ2v) is 9.68. The van der Waals surface area contributed by atoms with Crippen molar-refractivity contribution in [2.24, 2.45) is 11.8 Å². The van der Waals surface area contributed by atoms with Crippen LogP contribution in [0.2, 0.25) is 0 Å². The molecule has 5 N–H and O–H groups in total. The van der Waals surface area contributed by atoms with Crippen LogP contribution in [0.1, 0.15) is 30.0 Å². The number of fused-ring (bicyclic) bond motifs is 1. The number of hydrogen-bond acceptors (Lipinski definition) is 6. The number of rotatable bonds is 9. The van der Waals surface area contributed by atoms with Crippen molar-refractivity contribution in [1.29, 1.82) is 0 Å². The topological polar surface area (TPSA) is 155 Å². The van der Waals surface area contributed by atoms with Crippen LogP contribution in [0.5, 0.6) is 11.5 Å². The van der Waals surface area contributed by atoms with E-state index in [0.29, 0.717) is 40.5 Å². The van der Waals surface area contributed by atoms with Crippen molar-refractivity contribution in [3.05, 3.63) is 77.9 Å². The Balaban J connectivity index is 1.13. The summed E-state index contributed by atoms with van der Waals surface area (Å²) in [5.41, 5.74) is 3.28. The van der Waals surface area contributed by atoms with E-state index >= 15 is 0 Å². The average molecular weight is 545 g/mol. The van der Waals surface area contributed by atoms with Gasteiger partial charge >= 0.3 is 12.0 Å². The van der Waals surface area contributed by atoms with E-state index in [-0.39, 0.29) is 31.1 Å². The summed E-state index contributed by atoms with van der Waals surface area (Å²) < 4.78 is 10.6. The minimum atomic E-state index is -1.07. The van der Waals surface area contributed by atoms with Crippen LogP contribution in [0.15, 0.2) is 66.7 Å². The number of nitrogens with one attached hydrogen (secondary N) is 4. The molecule has 1 heterocycles. The van der Waals surface area contributed by atoms with Crippen molar-refractivity contribution in [1.82, 2.24) is 5.32 Å². The number of aliphatic carboxylic acids is 1. The van der Waals surface area contributed by atoms with Crippen LogP contribution in [-0.2, 0) is 14.4 Å². The van der Waals surface area contributed by atoms with Crippen molar-refractivity contribution in [3.63, 3.8) is 0 Å². The van der Waals surface area contributed by atoms with Gasteiger partial charge in [-0.1, -0.05) is 24.3 Å². The van der Waals surface area contributed by atoms with Crippen molar-refractivity contribution in [2.75, 3.05) is 22.7 Å². The molecule has 0 radical (unpaired) electrons. The van der Waals surface area contributed by atoms with Gasteiger partial charge in [0.2, 0.25) is 18.6 Å². The Morgan fingerprint density at radius 3 is 2.25 bits per heavy atom. The molecule has 3 aromatic carbocycles. The molecular weight excluding hydrogens is 516 g/mol. The Bertz CT molecular complexity index is 1460. The zero-order valence-corrected chi connectivity index (χ0v) is 21.6. The molecule has 3 atom stereocenters. The van der Waals surface area contributed by atoms with Gasteiger partial charge in [-0.2, -0.15) is 0 Å². The van der Waals surface area contributed by atoms with E-state index in [1.165, 1.54) is 0 Å². The van der Waals surface area contributed by atoms with Crippen LogP contribution < -0.4 is 30.7 Å². The second-order valence-electron chi connectivity index (χ2n) is 9.68. The Morgan fingerprint density at radius 1 is 0.850 bits per heavy atom. The Kier molecular flexibility index (Phi) is 7.54. The van der Waals surface area contributed by atoms with E-state index < -0.39 is 23.8 Å². The van der Waals surface area contributed by atoms with E-state index in [0.717, 1.165) is 5.56 Å². The molecule has 5 rings (SSSR count). The first-order chi connectivity index (χ1) is 19.3. The fourth-order valence-corrected chi connectivity index (χ4v) is 4.48. The predicted octanol–water partition coefficient (Wildman–Crippen LogP) is 4.27. The molecule has 1 fully saturated rings. The largest absolute Gasteiger partial charge is 0.481 e. The minimum Gasteiger partial charge on any atom is -0.481 e.